The average Bonchev–Trinajstić information content (AvgIpc) is 2.82. The van der Waals surface area contributed by atoms with Crippen LogP contribution in [0.15, 0.2) is 22.8 Å². The third kappa shape index (κ3) is 1.85. The molecule has 0 saturated heterocycles. The molecule has 3 N–H and O–H groups in total. The molecule has 4 aliphatic rings. The SMILES string of the molecule is C[C@@]12CCCC1=C1CCC3=CC(O)(O)C(O)C[C@]3(C)[C@H]1CC2. The molecule has 0 spiro atoms. The van der Waals surface area contributed by atoms with E-state index in [0.29, 0.717) is 17.8 Å². The maximum Gasteiger partial charge on any atom is 0.209 e. The molecule has 2 saturated carbocycles. The molecule has 0 radical (unpaired) electrons. The zero-order valence-corrected chi connectivity index (χ0v) is 13.7. The fourth-order valence-electron chi connectivity index (χ4n) is 6.00. The second-order valence-corrected chi connectivity index (χ2v) is 8.60. The second-order valence-electron chi connectivity index (χ2n) is 8.60. The van der Waals surface area contributed by atoms with Crippen molar-refractivity contribution in [3.05, 3.63) is 22.8 Å². The summed E-state index contributed by atoms with van der Waals surface area (Å²) in [6.07, 6.45) is 9.25. The summed E-state index contributed by atoms with van der Waals surface area (Å²) in [4.78, 5) is 0. The predicted molar refractivity (Wildman–Crippen MR) is 84.9 cm³/mol. The van der Waals surface area contributed by atoms with Gasteiger partial charge in [-0.15, -0.1) is 0 Å². The zero-order chi connectivity index (χ0) is 15.8. The molecule has 0 amide bonds. The van der Waals surface area contributed by atoms with Crippen molar-refractivity contribution in [2.45, 2.75) is 77.1 Å². The Bertz CT molecular complexity index is 573. The minimum absolute atomic E-state index is 0.0983. The van der Waals surface area contributed by atoms with Gasteiger partial charge >= 0.3 is 0 Å². The van der Waals surface area contributed by atoms with Crippen LogP contribution in [0.4, 0.5) is 0 Å². The molecule has 122 valence electrons. The maximum absolute atomic E-state index is 10.2. The first-order chi connectivity index (χ1) is 10.3. The van der Waals surface area contributed by atoms with Crippen molar-refractivity contribution in [2.75, 3.05) is 0 Å². The average molecular weight is 304 g/mol. The number of rotatable bonds is 0. The fraction of sp³-hybridized carbons (Fsp3) is 0.789. The Morgan fingerprint density at radius 2 is 1.86 bits per heavy atom. The molecule has 0 bridgehead atoms. The summed E-state index contributed by atoms with van der Waals surface area (Å²) in [5.41, 5.74) is 4.84. The van der Waals surface area contributed by atoms with E-state index in [2.05, 4.69) is 13.8 Å². The van der Waals surface area contributed by atoms with Crippen molar-refractivity contribution >= 4 is 0 Å². The number of allylic oxidation sites excluding steroid dienone is 3. The lowest BCUT2D eigenvalue weighted by molar-refractivity contribution is -0.206. The fourth-order valence-corrected chi connectivity index (χ4v) is 6.00. The molecule has 4 rings (SSSR count). The molecule has 4 atom stereocenters. The van der Waals surface area contributed by atoms with E-state index in [9.17, 15) is 15.3 Å². The molecule has 2 fully saturated rings. The molecule has 0 heterocycles. The highest BCUT2D eigenvalue weighted by Crippen LogP contribution is 2.62. The molecule has 0 aromatic rings. The van der Waals surface area contributed by atoms with Crippen LogP contribution in [-0.4, -0.2) is 27.2 Å². The maximum atomic E-state index is 10.2. The number of fused-ring (bicyclic) bond motifs is 4. The van der Waals surface area contributed by atoms with E-state index in [1.54, 1.807) is 17.2 Å². The first kappa shape index (κ1) is 14.9. The number of aliphatic hydroxyl groups is 3. The van der Waals surface area contributed by atoms with E-state index in [1.165, 1.54) is 32.1 Å². The Kier molecular flexibility index (Phi) is 3.03. The van der Waals surface area contributed by atoms with E-state index in [-0.39, 0.29) is 5.41 Å². The van der Waals surface area contributed by atoms with Gasteiger partial charge in [0.2, 0.25) is 5.79 Å². The van der Waals surface area contributed by atoms with E-state index >= 15 is 0 Å². The van der Waals surface area contributed by atoms with Crippen LogP contribution in [-0.2, 0) is 0 Å². The number of hydrogen-bond donors (Lipinski definition) is 3. The largest absolute Gasteiger partial charge is 0.387 e. The molecule has 0 aromatic carbocycles. The predicted octanol–water partition coefficient (Wildman–Crippen LogP) is 3.06. The van der Waals surface area contributed by atoms with Crippen molar-refractivity contribution in [2.24, 2.45) is 16.7 Å². The van der Waals surface area contributed by atoms with Gasteiger partial charge in [0.05, 0.1) is 0 Å². The molecule has 4 aliphatic carbocycles. The van der Waals surface area contributed by atoms with Crippen molar-refractivity contribution in [3.63, 3.8) is 0 Å². The van der Waals surface area contributed by atoms with Gasteiger partial charge in [-0.2, -0.15) is 0 Å². The van der Waals surface area contributed by atoms with Crippen molar-refractivity contribution in [1.29, 1.82) is 0 Å². The minimum Gasteiger partial charge on any atom is -0.387 e. The van der Waals surface area contributed by atoms with Crippen molar-refractivity contribution in [3.8, 4) is 0 Å². The highest BCUT2D eigenvalue weighted by Gasteiger charge is 2.54. The highest BCUT2D eigenvalue weighted by atomic mass is 16.5. The molecule has 0 aromatic heterocycles. The summed E-state index contributed by atoms with van der Waals surface area (Å²) >= 11 is 0. The number of aliphatic hydroxyl groups excluding tert-OH is 1. The third-order valence-electron chi connectivity index (χ3n) is 7.34. The van der Waals surface area contributed by atoms with Gasteiger partial charge in [0.1, 0.15) is 6.10 Å². The summed E-state index contributed by atoms with van der Waals surface area (Å²) in [5.74, 6) is -1.56. The third-order valence-corrected chi connectivity index (χ3v) is 7.34. The lowest BCUT2D eigenvalue weighted by Gasteiger charge is -2.54. The normalized spacial score (nSPS) is 46.7. The van der Waals surface area contributed by atoms with Gasteiger partial charge in [0.25, 0.3) is 0 Å². The van der Waals surface area contributed by atoms with E-state index < -0.39 is 11.9 Å². The molecule has 1 unspecified atom stereocenters. The van der Waals surface area contributed by atoms with Crippen LogP contribution in [0.2, 0.25) is 0 Å². The Labute approximate surface area is 132 Å². The van der Waals surface area contributed by atoms with Crippen molar-refractivity contribution < 1.29 is 15.3 Å². The first-order valence-electron chi connectivity index (χ1n) is 8.84. The van der Waals surface area contributed by atoms with E-state index in [0.717, 1.165) is 18.4 Å². The van der Waals surface area contributed by atoms with E-state index in [1.807, 2.05) is 0 Å². The quantitative estimate of drug-likeness (QED) is 0.476. The second kappa shape index (κ2) is 4.46. The minimum atomic E-state index is -2.05. The Morgan fingerprint density at radius 1 is 1.09 bits per heavy atom. The van der Waals surface area contributed by atoms with Crippen LogP contribution in [0.3, 0.4) is 0 Å². The van der Waals surface area contributed by atoms with Crippen LogP contribution in [0, 0.1) is 16.7 Å². The number of hydrogen-bond acceptors (Lipinski definition) is 3. The topological polar surface area (TPSA) is 60.7 Å². The Morgan fingerprint density at radius 3 is 2.64 bits per heavy atom. The van der Waals surface area contributed by atoms with Gasteiger partial charge in [-0.25, -0.2) is 0 Å². The Hall–Kier alpha value is -0.640. The van der Waals surface area contributed by atoms with Gasteiger partial charge < -0.3 is 15.3 Å². The van der Waals surface area contributed by atoms with Gasteiger partial charge in [-0.3, -0.25) is 0 Å². The Balaban J connectivity index is 1.80. The standard InChI is InChI=1S/C19H28O3/c1-17-8-3-4-14(17)13-6-5-12-10-19(21,22)16(20)11-18(12,2)15(13)7-9-17/h10,15-16,20-22H,3-9,11H2,1-2H3/t15-,16?,17-,18-/m0/s1. The molecule has 3 heteroatoms. The molecule has 0 aliphatic heterocycles. The molecule has 22 heavy (non-hydrogen) atoms. The van der Waals surface area contributed by atoms with Crippen LogP contribution in [0.5, 0.6) is 0 Å². The molecular weight excluding hydrogens is 276 g/mol. The van der Waals surface area contributed by atoms with E-state index in [4.69, 9.17) is 0 Å². The smallest absolute Gasteiger partial charge is 0.209 e. The zero-order valence-electron chi connectivity index (χ0n) is 13.7. The summed E-state index contributed by atoms with van der Waals surface area (Å²) in [5, 5.41) is 30.2. The monoisotopic (exact) mass is 304 g/mol. The van der Waals surface area contributed by atoms with Crippen LogP contribution >= 0.6 is 0 Å². The van der Waals surface area contributed by atoms with Crippen LogP contribution < -0.4 is 0 Å². The highest BCUT2D eigenvalue weighted by molar-refractivity contribution is 5.39. The lowest BCUT2D eigenvalue weighted by Crippen LogP contribution is -2.52. The van der Waals surface area contributed by atoms with Gasteiger partial charge in [-0.05, 0) is 74.2 Å². The summed E-state index contributed by atoms with van der Waals surface area (Å²) in [7, 11) is 0. The van der Waals surface area contributed by atoms with Gasteiger partial charge in [-0.1, -0.05) is 30.6 Å². The molecular formula is C19H28O3. The summed E-state index contributed by atoms with van der Waals surface area (Å²) < 4.78 is 0. The summed E-state index contributed by atoms with van der Waals surface area (Å²) in [6.45, 7) is 4.67. The van der Waals surface area contributed by atoms with Crippen LogP contribution in [0.25, 0.3) is 0 Å². The first-order valence-corrected chi connectivity index (χ1v) is 8.84. The van der Waals surface area contributed by atoms with Gasteiger partial charge in [0, 0.05) is 0 Å². The molecule has 3 nitrogen and oxygen atoms in total. The van der Waals surface area contributed by atoms with Crippen molar-refractivity contribution in [1.82, 2.24) is 0 Å². The lowest BCUT2D eigenvalue weighted by atomic mass is 9.52. The van der Waals surface area contributed by atoms with Crippen LogP contribution in [0.1, 0.15) is 65.2 Å². The van der Waals surface area contributed by atoms with Gasteiger partial charge in [0.15, 0.2) is 0 Å². The summed E-state index contributed by atoms with van der Waals surface area (Å²) in [6, 6.07) is 0.